The second-order valence-electron chi connectivity index (χ2n) is 4.37. The van der Waals surface area contributed by atoms with Crippen LogP contribution in [0.2, 0.25) is 0 Å². The summed E-state index contributed by atoms with van der Waals surface area (Å²) >= 11 is 0. The molecule has 0 fully saturated rings. The van der Waals surface area contributed by atoms with Gasteiger partial charge in [0.25, 0.3) is 10.0 Å². The standard InChI is InChI=1S/C14H14F2N2O2S/c1-17-9-10-6-7-11(15)8-14(10)21(19,20)18-13-5-3-2-4-12(13)16/h2-8,17-18H,9H2,1H3. The molecule has 112 valence electrons. The molecule has 2 N–H and O–H groups in total. The van der Waals surface area contributed by atoms with Gasteiger partial charge in [0.05, 0.1) is 10.6 Å². The first-order valence-electron chi connectivity index (χ1n) is 6.14. The molecular weight excluding hydrogens is 298 g/mol. The lowest BCUT2D eigenvalue weighted by Gasteiger charge is -2.12. The molecule has 4 nitrogen and oxygen atoms in total. The van der Waals surface area contributed by atoms with E-state index in [4.69, 9.17) is 0 Å². The summed E-state index contributed by atoms with van der Waals surface area (Å²) in [5, 5.41) is 2.80. The van der Waals surface area contributed by atoms with Gasteiger partial charge in [-0.1, -0.05) is 18.2 Å². The Bertz CT molecular complexity index is 748. The van der Waals surface area contributed by atoms with Crippen molar-refractivity contribution in [3.8, 4) is 0 Å². The fraction of sp³-hybridized carbons (Fsp3) is 0.143. The van der Waals surface area contributed by atoms with Gasteiger partial charge in [0.1, 0.15) is 11.6 Å². The second kappa shape index (κ2) is 6.19. The highest BCUT2D eigenvalue weighted by molar-refractivity contribution is 7.92. The number of hydrogen-bond donors (Lipinski definition) is 2. The highest BCUT2D eigenvalue weighted by Gasteiger charge is 2.20. The third kappa shape index (κ3) is 3.56. The molecule has 0 aromatic heterocycles. The summed E-state index contributed by atoms with van der Waals surface area (Å²) in [7, 11) is -2.44. The molecule has 0 saturated carbocycles. The van der Waals surface area contributed by atoms with Gasteiger partial charge in [0, 0.05) is 6.54 Å². The molecule has 2 aromatic rings. The Kier molecular flexibility index (Phi) is 4.54. The molecule has 0 atom stereocenters. The fourth-order valence-corrected chi connectivity index (χ4v) is 3.18. The molecule has 0 bridgehead atoms. The molecule has 0 aliphatic heterocycles. The van der Waals surface area contributed by atoms with E-state index in [1.807, 2.05) is 0 Å². The van der Waals surface area contributed by atoms with Gasteiger partial charge in [-0.3, -0.25) is 4.72 Å². The van der Waals surface area contributed by atoms with Crippen molar-refractivity contribution in [3.63, 3.8) is 0 Å². The van der Waals surface area contributed by atoms with E-state index in [1.165, 1.54) is 30.3 Å². The number of anilines is 1. The van der Waals surface area contributed by atoms with E-state index in [2.05, 4.69) is 10.0 Å². The van der Waals surface area contributed by atoms with Gasteiger partial charge in [-0.25, -0.2) is 17.2 Å². The number of nitrogens with one attached hydrogen (secondary N) is 2. The number of halogens is 2. The Labute approximate surface area is 121 Å². The average molecular weight is 312 g/mol. The second-order valence-corrected chi connectivity index (χ2v) is 6.02. The normalized spacial score (nSPS) is 11.4. The molecule has 0 spiro atoms. The molecule has 2 rings (SSSR count). The van der Waals surface area contributed by atoms with E-state index >= 15 is 0 Å². The summed E-state index contributed by atoms with van der Waals surface area (Å²) in [6.07, 6.45) is 0. The lowest BCUT2D eigenvalue weighted by atomic mass is 10.2. The molecule has 0 aliphatic rings. The Morgan fingerprint density at radius 1 is 1.10 bits per heavy atom. The van der Waals surface area contributed by atoms with Crippen molar-refractivity contribution in [2.75, 3.05) is 11.8 Å². The molecule has 2 aromatic carbocycles. The summed E-state index contributed by atoms with van der Waals surface area (Å²) in [6, 6.07) is 8.84. The first-order valence-corrected chi connectivity index (χ1v) is 7.63. The monoisotopic (exact) mass is 312 g/mol. The minimum atomic E-state index is -4.08. The molecule has 21 heavy (non-hydrogen) atoms. The summed E-state index contributed by atoms with van der Waals surface area (Å²) in [4.78, 5) is -0.222. The van der Waals surface area contributed by atoms with Crippen LogP contribution in [0.3, 0.4) is 0 Å². The number of rotatable bonds is 5. The van der Waals surface area contributed by atoms with Crippen molar-refractivity contribution >= 4 is 15.7 Å². The minimum absolute atomic E-state index is 0.183. The van der Waals surface area contributed by atoms with Crippen LogP contribution in [0.1, 0.15) is 5.56 Å². The highest BCUT2D eigenvalue weighted by Crippen LogP contribution is 2.22. The zero-order valence-corrected chi connectivity index (χ0v) is 12.0. The van der Waals surface area contributed by atoms with Crippen LogP contribution in [0.4, 0.5) is 14.5 Å². The molecule has 0 heterocycles. The molecule has 7 heteroatoms. The minimum Gasteiger partial charge on any atom is -0.316 e. The van der Waals surface area contributed by atoms with E-state index in [0.29, 0.717) is 5.56 Å². The van der Waals surface area contributed by atoms with Crippen LogP contribution in [0.25, 0.3) is 0 Å². The van der Waals surface area contributed by atoms with Gasteiger partial charge < -0.3 is 5.32 Å². The summed E-state index contributed by atoms with van der Waals surface area (Å²) < 4.78 is 53.7. The maximum atomic E-state index is 13.6. The van der Waals surface area contributed by atoms with Crippen molar-refractivity contribution in [1.82, 2.24) is 5.32 Å². The first kappa shape index (κ1) is 15.4. The number of hydrogen-bond acceptors (Lipinski definition) is 3. The lowest BCUT2D eigenvalue weighted by Crippen LogP contribution is -2.18. The summed E-state index contributed by atoms with van der Waals surface area (Å²) in [5.41, 5.74) is 0.208. The molecular formula is C14H14F2N2O2S. The van der Waals surface area contributed by atoms with E-state index < -0.39 is 21.7 Å². The predicted octanol–water partition coefficient (Wildman–Crippen LogP) is 2.49. The average Bonchev–Trinajstić information content (AvgIpc) is 2.43. The van der Waals surface area contributed by atoms with Gasteiger partial charge in [-0.2, -0.15) is 0 Å². The van der Waals surface area contributed by atoms with Gasteiger partial charge in [-0.15, -0.1) is 0 Å². The topological polar surface area (TPSA) is 58.2 Å². The van der Waals surface area contributed by atoms with Gasteiger partial charge in [0.15, 0.2) is 0 Å². The van der Waals surface area contributed by atoms with E-state index in [1.54, 1.807) is 7.05 Å². The first-order chi connectivity index (χ1) is 9.94. The molecule has 0 saturated heterocycles. The maximum Gasteiger partial charge on any atom is 0.262 e. The van der Waals surface area contributed by atoms with Crippen molar-refractivity contribution in [1.29, 1.82) is 0 Å². The largest absolute Gasteiger partial charge is 0.316 e. The van der Waals surface area contributed by atoms with Crippen LogP contribution in [-0.4, -0.2) is 15.5 Å². The molecule has 0 amide bonds. The Balaban J connectivity index is 2.44. The zero-order valence-electron chi connectivity index (χ0n) is 11.2. The van der Waals surface area contributed by atoms with E-state index in [-0.39, 0.29) is 17.1 Å². The molecule has 0 aliphatic carbocycles. The molecule has 0 unspecified atom stereocenters. The third-order valence-corrected chi connectivity index (χ3v) is 4.25. The SMILES string of the molecule is CNCc1ccc(F)cc1S(=O)(=O)Nc1ccccc1F. The van der Waals surface area contributed by atoms with Crippen LogP contribution in [-0.2, 0) is 16.6 Å². The lowest BCUT2D eigenvalue weighted by molar-refractivity contribution is 0.590. The van der Waals surface area contributed by atoms with E-state index in [9.17, 15) is 17.2 Å². The Hall–Kier alpha value is -1.99. The fourth-order valence-electron chi connectivity index (χ4n) is 1.86. The highest BCUT2D eigenvalue weighted by atomic mass is 32.2. The number of sulfonamides is 1. The number of para-hydroxylation sites is 1. The zero-order chi connectivity index (χ0) is 15.5. The summed E-state index contributed by atoms with van der Waals surface area (Å²) in [6.45, 7) is 0.244. The van der Waals surface area contributed by atoms with Crippen LogP contribution in [0.15, 0.2) is 47.4 Å². The molecule has 0 radical (unpaired) electrons. The Morgan fingerprint density at radius 3 is 2.48 bits per heavy atom. The van der Waals surface area contributed by atoms with E-state index in [0.717, 1.165) is 12.1 Å². The maximum absolute atomic E-state index is 13.6. The van der Waals surface area contributed by atoms with Crippen molar-refractivity contribution < 1.29 is 17.2 Å². The predicted molar refractivity (Wildman–Crippen MR) is 76.4 cm³/mol. The quantitative estimate of drug-likeness (QED) is 0.892. The third-order valence-electron chi connectivity index (χ3n) is 2.80. The van der Waals surface area contributed by atoms with Gasteiger partial charge in [0.2, 0.25) is 0 Å². The van der Waals surface area contributed by atoms with Gasteiger partial charge >= 0.3 is 0 Å². The van der Waals surface area contributed by atoms with Crippen molar-refractivity contribution in [2.45, 2.75) is 11.4 Å². The van der Waals surface area contributed by atoms with Crippen LogP contribution < -0.4 is 10.0 Å². The van der Waals surface area contributed by atoms with Crippen LogP contribution in [0.5, 0.6) is 0 Å². The van der Waals surface area contributed by atoms with Crippen molar-refractivity contribution in [2.24, 2.45) is 0 Å². The smallest absolute Gasteiger partial charge is 0.262 e. The van der Waals surface area contributed by atoms with Gasteiger partial charge in [-0.05, 0) is 36.9 Å². The van der Waals surface area contributed by atoms with Crippen LogP contribution in [0, 0.1) is 11.6 Å². The number of benzene rings is 2. The van der Waals surface area contributed by atoms with Crippen LogP contribution >= 0.6 is 0 Å². The Morgan fingerprint density at radius 2 is 1.81 bits per heavy atom. The van der Waals surface area contributed by atoms with Crippen molar-refractivity contribution in [3.05, 3.63) is 59.7 Å². The summed E-state index contributed by atoms with van der Waals surface area (Å²) in [5.74, 6) is -1.38.